The van der Waals surface area contributed by atoms with Crippen LogP contribution in [0, 0.1) is 20.8 Å². The van der Waals surface area contributed by atoms with Gasteiger partial charge in [0.2, 0.25) is 0 Å². The molecular weight excluding hydrogens is 484 g/mol. The van der Waals surface area contributed by atoms with E-state index in [-0.39, 0.29) is 16.9 Å². The molecule has 0 amide bonds. The van der Waals surface area contributed by atoms with Crippen molar-refractivity contribution in [3.05, 3.63) is 117 Å². The Morgan fingerprint density at radius 1 is 0.564 bits per heavy atom. The third-order valence-electron chi connectivity index (χ3n) is 8.56. The highest BCUT2D eigenvalue weighted by Crippen LogP contribution is 2.48. The maximum atomic E-state index is 11.1. The minimum atomic E-state index is -0.210. The number of benzene rings is 4. The lowest BCUT2D eigenvalue weighted by molar-refractivity contribution is 0.344. The van der Waals surface area contributed by atoms with Crippen LogP contribution in [0.5, 0.6) is 23.0 Å². The van der Waals surface area contributed by atoms with Crippen LogP contribution in [-0.4, -0.2) is 20.4 Å². The molecule has 1 aliphatic rings. The predicted octanol–water partition coefficient (Wildman–Crippen LogP) is 7.87. The highest BCUT2D eigenvalue weighted by molar-refractivity contribution is 5.54. The molecule has 4 nitrogen and oxygen atoms in total. The van der Waals surface area contributed by atoms with Gasteiger partial charge in [0, 0.05) is 18.3 Å². The van der Waals surface area contributed by atoms with Crippen molar-refractivity contribution in [2.45, 2.75) is 71.1 Å². The lowest BCUT2D eigenvalue weighted by Gasteiger charge is -2.40. The molecule has 1 aliphatic carbocycles. The quantitative estimate of drug-likeness (QED) is 0.208. The van der Waals surface area contributed by atoms with Crippen LogP contribution in [0.3, 0.4) is 0 Å². The Labute approximate surface area is 231 Å². The summed E-state index contributed by atoms with van der Waals surface area (Å²) < 4.78 is 0. The van der Waals surface area contributed by atoms with Crippen LogP contribution in [0.25, 0.3) is 0 Å². The van der Waals surface area contributed by atoms with Crippen molar-refractivity contribution in [3.63, 3.8) is 0 Å². The Hall–Kier alpha value is -3.92. The smallest absolute Gasteiger partial charge is 0.122 e. The molecule has 5 rings (SSSR count). The van der Waals surface area contributed by atoms with E-state index in [2.05, 4.69) is 24.3 Å². The molecule has 0 aromatic heterocycles. The van der Waals surface area contributed by atoms with Crippen molar-refractivity contribution in [1.29, 1.82) is 0 Å². The zero-order chi connectivity index (χ0) is 27.7. The first-order chi connectivity index (χ1) is 18.7. The van der Waals surface area contributed by atoms with Crippen LogP contribution in [-0.2, 0) is 18.3 Å². The van der Waals surface area contributed by atoms with Gasteiger partial charge in [0.1, 0.15) is 23.0 Å². The van der Waals surface area contributed by atoms with Gasteiger partial charge in [0.25, 0.3) is 0 Å². The standard InChI is InChI=1S/C35H38O4/c1-22-15-26(9-12-32(22)37)19-28-21-30(17-24(3)34(28)39)35(13-5-4-6-14-35)29-16-23(2)33(38)27(20-29)18-25-7-10-31(36)11-8-25/h7-12,15-17,20-21,36-39H,4-6,13-14,18-19H2,1-3H3. The highest BCUT2D eigenvalue weighted by atomic mass is 16.3. The van der Waals surface area contributed by atoms with Crippen LogP contribution in [0.15, 0.2) is 66.7 Å². The molecule has 0 heterocycles. The van der Waals surface area contributed by atoms with E-state index in [4.69, 9.17) is 0 Å². The fraction of sp³-hybridized carbons (Fsp3) is 0.314. The van der Waals surface area contributed by atoms with Gasteiger partial charge in [0.15, 0.2) is 0 Å². The molecule has 4 aromatic rings. The van der Waals surface area contributed by atoms with Crippen LogP contribution in [0.2, 0.25) is 0 Å². The predicted molar refractivity (Wildman–Crippen MR) is 156 cm³/mol. The van der Waals surface area contributed by atoms with E-state index in [1.54, 1.807) is 18.2 Å². The summed E-state index contributed by atoms with van der Waals surface area (Å²) in [7, 11) is 0. The topological polar surface area (TPSA) is 80.9 Å². The van der Waals surface area contributed by atoms with Crippen molar-refractivity contribution in [1.82, 2.24) is 0 Å². The van der Waals surface area contributed by atoms with Gasteiger partial charge in [-0.05, 0) is 102 Å². The molecule has 0 spiro atoms. The maximum absolute atomic E-state index is 11.1. The number of hydrogen-bond acceptors (Lipinski definition) is 4. The Kier molecular flexibility index (Phi) is 7.31. The fourth-order valence-electron chi connectivity index (χ4n) is 6.31. The fourth-order valence-corrected chi connectivity index (χ4v) is 6.31. The van der Waals surface area contributed by atoms with Crippen molar-refractivity contribution in [2.75, 3.05) is 0 Å². The molecule has 1 saturated carbocycles. The molecule has 1 fully saturated rings. The summed E-state index contributed by atoms with van der Waals surface area (Å²) in [4.78, 5) is 0. The van der Waals surface area contributed by atoms with Gasteiger partial charge >= 0.3 is 0 Å². The molecule has 0 radical (unpaired) electrons. The second-order valence-corrected chi connectivity index (χ2v) is 11.4. The Bertz CT molecular complexity index is 1490. The lowest BCUT2D eigenvalue weighted by atomic mass is 9.64. The van der Waals surface area contributed by atoms with Gasteiger partial charge in [0.05, 0.1) is 0 Å². The van der Waals surface area contributed by atoms with E-state index in [1.807, 2.05) is 45.0 Å². The van der Waals surface area contributed by atoms with Gasteiger partial charge in [-0.25, -0.2) is 0 Å². The van der Waals surface area contributed by atoms with E-state index in [0.29, 0.717) is 24.3 Å². The molecule has 4 N–H and O–H groups in total. The van der Waals surface area contributed by atoms with Crippen LogP contribution >= 0.6 is 0 Å². The average Bonchev–Trinajstić information content (AvgIpc) is 2.92. The van der Waals surface area contributed by atoms with Gasteiger partial charge in [-0.2, -0.15) is 0 Å². The second-order valence-electron chi connectivity index (χ2n) is 11.4. The zero-order valence-electron chi connectivity index (χ0n) is 23.1. The maximum Gasteiger partial charge on any atom is 0.122 e. The molecule has 39 heavy (non-hydrogen) atoms. The number of rotatable bonds is 6. The van der Waals surface area contributed by atoms with Crippen molar-refractivity contribution >= 4 is 0 Å². The summed E-state index contributed by atoms with van der Waals surface area (Å²) in [6.07, 6.45) is 6.64. The lowest BCUT2D eigenvalue weighted by Crippen LogP contribution is -2.31. The second kappa shape index (κ2) is 10.7. The molecule has 0 saturated heterocycles. The largest absolute Gasteiger partial charge is 0.508 e. The number of phenolic OH excluding ortho intramolecular Hbond substituents is 4. The highest BCUT2D eigenvalue weighted by Gasteiger charge is 2.37. The summed E-state index contributed by atoms with van der Waals surface area (Å²) in [5, 5.41) is 41.8. The van der Waals surface area contributed by atoms with Gasteiger partial charge in [-0.1, -0.05) is 67.8 Å². The Morgan fingerprint density at radius 2 is 1.08 bits per heavy atom. The molecule has 0 aliphatic heterocycles. The zero-order valence-corrected chi connectivity index (χ0v) is 23.1. The van der Waals surface area contributed by atoms with Gasteiger partial charge in [-0.3, -0.25) is 0 Å². The third-order valence-corrected chi connectivity index (χ3v) is 8.56. The van der Waals surface area contributed by atoms with E-state index in [9.17, 15) is 20.4 Å². The molecule has 4 aromatic carbocycles. The van der Waals surface area contributed by atoms with Crippen molar-refractivity contribution in [2.24, 2.45) is 0 Å². The molecule has 202 valence electrons. The molecule has 0 bridgehead atoms. The Morgan fingerprint density at radius 3 is 1.62 bits per heavy atom. The number of aryl methyl sites for hydroxylation is 3. The summed E-state index contributed by atoms with van der Waals surface area (Å²) >= 11 is 0. The van der Waals surface area contributed by atoms with E-state index in [0.717, 1.165) is 64.6 Å². The SMILES string of the molecule is Cc1cc(Cc2cc(C3(c4cc(C)c(O)c(Cc5ccc(O)cc5)c4)CCCCC3)cc(C)c2O)ccc1O. The first kappa shape index (κ1) is 26.7. The monoisotopic (exact) mass is 522 g/mol. The summed E-state index contributed by atoms with van der Waals surface area (Å²) in [5.41, 5.74) is 8.62. The average molecular weight is 523 g/mol. The third kappa shape index (κ3) is 5.34. The molecule has 0 atom stereocenters. The number of phenols is 4. The van der Waals surface area contributed by atoms with Crippen LogP contribution in [0.4, 0.5) is 0 Å². The summed E-state index contributed by atoms with van der Waals surface area (Å²) in [6, 6.07) is 21.4. The van der Waals surface area contributed by atoms with Gasteiger partial charge in [-0.15, -0.1) is 0 Å². The van der Waals surface area contributed by atoms with E-state index < -0.39 is 0 Å². The minimum absolute atomic E-state index is 0.210. The normalized spacial score (nSPS) is 14.8. The number of hydrogen-bond donors (Lipinski definition) is 4. The van der Waals surface area contributed by atoms with Gasteiger partial charge < -0.3 is 20.4 Å². The molecule has 4 heteroatoms. The van der Waals surface area contributed by atoms with Crippen LogP contribution in [0.1, 0.15) is 82.2 Å². The van der Waals surface area contributed by atoms with Crippen molar-refractivity contribution < 1.29 is 20.4 Å². The molecule has 0 unspecified atom stereocenters. The summed E-state index contributed by atoms with van der Waals surface area (Å²) in [6.45, 7) is 5.83. The van der Waals surface area contributed by atoms with E-state index in [1.165, 1.54) is 17.5 Å². The first-order valence-electron chi connectivity index (χ1n) is 13.9. The van der Waals surface area contributed by atoms with Crippen LogP contribution < -0.4 is 0 Å². The Balaban J connectivity index is 1.60. The van der Waals surface area contributed by atoms with E-state index >= 15 is 0 Å². The molecular formula is C35H38O4. The summed E-state index contributed by atoms with van der Waals surface area (Å²) in [5.74, 6) is 1.16. The first-order valence-corrected chi connectivity index (χ1v) is 13.9. The van der Waals surface area contributed by atoms with Crippen molar-refractivity contribution in [3.8, 4) is 23.0 Å². The minimum Gasteiger partial charge on any atom is -0.508 e. The number of aromatic hydroxyl groups is 4.